The van der Waals surface area contributed by atoms with Crippen LogP contribution in [0.2, 0.25) is 0 Å². The minimum absolute atomic E-state index is 0.0635. The number of fused-ring (bicyclic) bond motifs is 5. The maximum Gasteiger partial charge on any atom is 0.127 e. The van der Waals surface area contributed by atoms with Gasteiger partial charge in [-0.3, -0.25) is 0 Å². The summed E-state index contributed by atoms with van der Waals surface area (Å²) in [7, 11) is 0. The Labute approximate surface area is 351 Å². The van der Waals surface area contributed by atoms with Crippen molar-refractivity contribution < 1.29 is 9.47 Å². The molecule has 0 radical (unpaired) electrons. The van der Waals surface area contributed by atoms with Crippen LogP contribution in [0.3, 0.4) is 0 Å². The van der Waals surface area contributed by atoms with E-state index in [0.717, 1.165) is 69.9 Å². The molecule has 58 heavy (non-hydrogen) atoms. The molecule has 8 unspecified atom stereocenters. The van der Waals surface area contributed by atoms with Crippen molar-refractivity contribution in [2.24, 2.45) is 52.3 Å². The first kappa shape index (κ1) is 42.2. The summed E-state index contributed by atoms with van der Waals surface area (Å²) in [5.74, 6) is 9.32. The Morgan fingerprint density at radius 1 is 0.569 bits per heavy atom. The molecule has 4 aliphatic rings. The van der Waals surface area contributed by atoms with E-state index in [1.807, 2.05) is 48.5 Å². The van der Waals surface area contributed by atoms with Gasteiger partial charge >= 0.3 is 0 Å². The Morgan fingerprint density at radius 2 is 1.05 bits per heavy atom. The highest BCUT2D eigenvalue weighted by Gasteiger charge is 2.62. The van der Waals surface area contributed by atoms with Gasteiger partial charge in [-0.05, 0) is 194 Å². The number of rotatable bonds is 11. The number of hydrogen-bond donors (Lipinski definition) is 2. The number of benzene rings is 4. The normalized spacial score (nSPS) is 28.9. The van der Waals surface area contributed by atoms with Gasteiger partial charge in [-0.1, -0.05) is 98.4 Å². The monoisotopic (exact) mass is 783 g/mol. The lowest BCUT2D eigenvalue weighted by Gasteiger charge is -2.63. The zero-order chi connectivity index (χ0) is 41.1. The maximum absolute atomic E-state index is 6.26. The van der Waals surface area contributed by atoms with Crippen molar-refractivity contribution in [1.82, 2.24) is 0 Å². The van der Waals surface area contributed by atoms with Crippen LogP contribution in [0, 0.1) is 52.3 Å². The average Bonchev–Trinajstić information content (AvgIpc) is 3.57. The Morgan fingerprint density at radius 3 is 1.55 bits per heavy atom. The molecular formula is C54H74N2O2. The molecule has 4 N–H and O–H groups in total. The summed E-state index contributed by atoms with van der Waals surface area (Å²) in [6.45, 7) is 16.9. The van der Waals surface area contributed by atoms with Crippen molar-refractivity contribution in [1.29, 1.82) is 0 Å². The van der Waals surface area contributed by atoms with E-state index in [4.69, 9.17) is 20.9 Å². The molecule has 0 heterocycles. The van der Waals surface area contributed by atoms with Crippen LogP contribution in [-0.2, 0) is 5.41 Å². The quantitative estimate of drug-likeness (QED) is 0.117. The van der Waals surface area contributed by atoms with E-state index in [1.54, 1.807) is 0 Å². The van der Waals surface area contributed by atoms with Crippen molar-refractivity contribution in [2.75, 3.05) is 11.5 Å². The first-order chi connectivity index (χ1) is 27.8. The lowest BCUT2D eigenvalue weighted by molar-refractivity contribution is -0.122. The van der Waals surface area contributed by atoms with Gasteiger partial charge in [0.05, 0.1) is 0 Å². The standard InChI is InChI=1S/C50H64N2O2.C4H10/c1-5-6-7-8-34(2)45-27-28-46-44-26-13-37-33-50(32-31-48(37,3)47(44)29-30-49(45,46)4,35-9-18-40(19-10-35)53-42-22-14-38(51)15-23-42)36-11-20-41(21-12-36)54-43-24-16-39(52)17-25-43;1-4(2)3/h9-12,14-25,34,37,44-47H,5-8,13,26-33,51-52H2,1-4H3;4H,1-3H3. The molecule has 4 fully saturated rings. The Hall–Kier alpha value is -3.92. The van der Waals surface area contributed by atoms with Crippen LogP contribution >= 0.6 is 0 Å². The SMILES string of the molecule is CC(C)C.CCCCCC(C)C1CCC2C3CCC4CC(c5ccc(Oc6ccc(N)cc6)cc5)(c5ccc(Oc6ccc(N)cc6)cc5)CCC4(C)C3CCC12C. The third-order valence-corrected chi connectivity index (χ3v) is 15.8. The summed E-state index contributed by atoms with van der Waals surface area (Å²) in [5.41, 5.74) is 17.0. The van der Waals surface area contributed by atoms with Gasteiger partial charge in [-0.25, -0.2) is 0 Å². The fraction of sp³-hybridized carbons (Fsp3) is 0.556. The van der Waals surface area contributed by atoms with E-state index in [1.165, 1.54) is 94.6 Å². The summed E-state index contributed by atoms with van der Waals surface area (Å²) in [6, 6.07) is 33.3. The highest BCUT2D eigenvalue weighted by molar-refractivity contribution is 5.48. The molecule has 4 nitrogen and oxygen atoms in total. The first-order valence-electron chi connectivity index (χ1n) is 23.1. The minimum Gasteiger partial charge on any atom is -0.457 e. The summed E-state index contributed by atoms with van der Waals surface area (Å²) in [6.07, 6.45) is 17.8. The molecule has 8 atom stereocenters. The maximum atomic E-state index is 6.26. The molecule has 8 rings (SSSR count). The molecule has 0 bridgehead atoms. The lowest BCUT2D eigenvalue weighted by Crippen LogP contribution is -2.55. The summed E-state index contributed by atoms with van der Waals surface area (Å²) >= 11 is 0. The van der Waals surface area contributed by atoms with E-state index in [0.29, 0.717) is 16.7 Å². The van der Waals surface area contributed by atoms with Crippen LogP contribution in [-0.4, -0.2) is 0 Å². The van der Waals surface area contributed by atoms with Gasteiger partial charge < -0.3 is 20.9 Å². The van der Waals surface area contributed by atoms with Gasteiger partial charge in [0.25, 0.3) is 0 Å². The smallest absolute Gasteiger partial charge is 0.127 e. The molecule has 4 aliphatic carbocycles. The zero-order valence-corrected chi connectivity index (χ0v) is 36.9. The van der Waals surface area contributed by atoms with E-state index in [9.17, 15) is 0 Å². The van der Waals surface area contributed by atoms with E-state index in [-0.39, 0.29) is 5.41 Å². The third kappa shape index (κ3) is 8.69. The fourth-order valence-electron chi connectivity index (χ4n) is 12.9. The minimum atomic E-state index is -0.0635. The summed E-state index contributed by atoms with van der Waals surface area (Å²) in [5, 5.41) is 0. The Bertz CT molecular complexity index is 1810. The number of nitrogen functional groups attached to an aromatic ring is 2. The van der Waals surface area contributed by atoms with Crippen LogP contribution in [0.15, 0.2) is 97.1 Å². The van der Waals surface area contributed by atoms with Gasteiger partial charge in [0.15, 0.2) is 0 Å². The van der Waals surface area contributed by atoms with Crippen LogP contribution in [0.5, 0.6) is 23.0 Å². The second-order valence-corrected chi connectivity index (χ2v) is 20.3. The van der Waals surface area contributed by atoms with Gasteiger partial charge in [0, 0.05) is 16.8 Å². The van der Waals surface area contributed by atoms with E-state index in [2.05, 4.69) is 97.0 Å². The number of nitrogens with two attached hydrogens (primary N) is 2. The molecule has 312 valence electrons. The lowest BCUT2D eigenvalue weighted by atomic mass is 9.42. The molecular weight excluding hydrogens is 709 g/mol. The van der Waals surface area contributed by atoms with Gasteiger partial charge in [-0.15, -0.1) is 0 Å². The van der Waals surface area contributed by atoms with Crippen molar-refractivity contribution in [3.8, 4) is 23.0 Å². The van der Waals surface area contributed by atoms with Crippen molar-refractivity contribution in [3.63, 3.8) is 0 Å². The molecule has 4 heteroatoms. The molecule has 0 aromatic heterocycles. The molecule has 0 saturated heterocycles. The second-order valence-electron chi connectivity index (χ2n) is 20.3. The van der Waals surface area contributed by atoms with E-state index >= 15 is 0 Å². The third-order valence-electron chi connectivity index (χ3n) is 15.8. The summed E-state index contributed by atoms with van der Waals surface area (Å²) < 4.78 is 12.5. The topological polar surface area (TPSA) is 70.5 Å². The van der Waals surface area contributed by atoms with Gasteiger partial charge in [0.1, 0.15) is 23.0 Å². The highest BCUT2D eigenvalue weighted by atomic mass is 16.5. The van der Waals surface area contributed by atoms with Gasteiger partial charge in [0.2, 0.25) is 0 Å². The number of unbranched alkanes of at least 4 members (excludes halogenated alkanes) is 2. The molecule has 4 aromatic carbocycles. The van der Waals surface area contributed by atoms with E-state index < -0.39 is 0 Å². The Balaban J connectivity index is 0.00000122. The van der Waals surface area contributed by atoms with Crippen LogP contribution < -0.4 is 20.9 Å². The first-order valence-corrected chi connectivity index (χ1v) is 23.1. The predicted molar refractivity (Wildman–Crippen MR) is 245 cm³/mol. The molecule has 4 saturated carbocycles. The molecule has 4 aromatic rings. The Kier molecular flexibility index (Phi) is 12.9. The summed E-state index contributed by atoms with van der Waals surface area (Å²) in [4.78, 5) is 0. The molecule has 0 aliphatic heterocycles. The van der Waals surface area contributed by atoms with Gasteiger partial charge in [-0.2, -0.15) is 0 Å². The zero-order valence-electron chi connectivity index (χ0n) is 36.9. The van der Waals surface area contributed by atoms with Crippen LogP contribution in [0.4, 0.5) is 11.4 Å². The highest BCUT2D eigenvalue weighted by Crippen LogP contribution is 2.70. The number of anilines is 2. The second kappa shape index (κ2) is 17.7. The fourth-order valence-corrected chi connectivity index (χ4v) is 12.9. The van der Waals surface area contributed by atoms with Crippen LogP contribution in [0.25, 0.3) is 0 Å². The number of ether oxygens (including phenoxy) is 2. The van der Waals surface area contributed by atoms with Crippen molar-refractivity contribution >= 4 is 11.4 Å². The molecule has 0 spiro atoms. The number of hydrogen-bond acceptors (Lipinski definition) is 4. The van der Waals surface area contributed by atoms with Crippen molar-refractivity contribution in [2.45, 2.75) is 137 Å². The predicted octanol–water partition coefficient (Wildman–Crippen LogP) is 15.3. The average molecular weight is 783 g/mol. The molecule has 0 amide bonds. The largest absolute Gasteiger partial charge is 0.457 e. The van der Waals surface area contributed by atoms with Crippen LogP contribution in [0.1, 0.15) is 143 Å². The van der Waals surface area contributed by atoms with Crippen molar-refractivity contribution in [3.05, 3.63) is 108 Å².